The molecule has 0 aliphatic carbocycles. The molecule has 1 aliphatic rings. The molecule has 9 heteroatoms. The number of nitrogens with zero attached hydrogens (tertiary/aromatic N) is 5. The Morgan fingerprint density at radius 3 is 2.85 bits per heavy atom. The zero-order valence-corrected chi connectivity index (χ0v) is 19.7. The number of hydrogen-bond acceptors (Lipinski definition) is 6. The largest absolute Gasteiger partial charge is 0.370 e. The Hall–Kier alpha value is -3.07. The highest BCUT2D eigenvalue weighted by Crippen LogP contribution is 2.40. The molecule has 5 aromatic rings. The molecule has 166 valence electrons. The number of hydrogen-bond donors (Lipinski definition) is 0. The fourth-order valence-corrected chi connectivity index (χ4v) is 5.74. The lowest BCUT2D eigenvalue weighted by molar-refractivity contribution is -0.0379. The predicted molar refractivity (Wildman–Crippen MR) is 129 cm³/mol. The molecule has 4 aromatic heterocycles. The van der Waals surface area contributed by atoms with Crippen LogP contribution in [0.3, 0.4) is 0 Å². The van der Waals surface area contributed by atoms with Gasteiger partial charge in [0.1, 0.15) is 4.83 Å². The molecule has 1 aliphatic heterocycles. The normalized spacial score (nSPS) is 15.2. The highest BCUT2D eigenvalue weighted by Gasteiger charge is 2.32. The average Bonchev–Trinajstić information content (AvgIpc) is 3.39. The van der Waals surface area contributed by atoms with Gasteiger partial charge in [-0.15, -0.1) is 16.4 Å². The molecular formula is C24H20ClN5O2S. The van der Waals surface area contributed by atoms with Crippen LogP contribution in [-0.2, 0) is 24.3 Å². The number of benzene rings is 1. The van der Waals surface area contributed by atoms with Gasteiger partial charge in [-0.3, -0.25) is 9.55 Å². The standard InChI is InChI=1S/C24H20ClN5O2S/c1-24(2)10-16-18(13-32-24)33-22-19(16)21-27-20(14-7-5-9-26-11-14)28-30(21)23(31)29(22)12-15-6-3-4-8-17(15)25/h3-9,11H,10,12-13H2,1-2H3. The summed E-state index contributed by atoms with van der Waals surface area (Å²) in [6.45, 7) is 5.02. The highest BCUT2D eigenvalue weighted by atomic mass is 35.5. The topological polar surface area (TPSA) is 74.3 Å². The van der Waals surface area contributed by atoms with Gasteiger partial charge in [-0.25, -0.2) is 9.78 Å². The molecule has 0 saturated carbocycles. The molecule has 0 fully saturated rings. The molecule has 0 unspecified atom stereocenters. The first kappa shape index (κ1) is 20.5. The lowest BCUT2D eigenvalue weighted by Gasteiger charge is -2.30. The van der Waals surface area contributed by atoms with E-state index in [2.05, 4.69) is 23.9 Å². The van der Waals surface area contributed by atoms with E-state index in [1.165, 1.54) is 10.1 Å². The van der Waals surface area contributed by atoms with E-state index >= 15 is 0 Å². The third-order valence-corrected chi connectivity index (χ3v) is 7.56. The van der Waals surface area contributed by atoms with Crippen LogP contribution in [0.4, 0.5) is 0 Å². The maximum absolute atomic E-state index is 13.7. The molecule has 6 rings (SSSR count). The van der Waals surface area contributed by atoms with E-state index in [1.807, 2.05) is 36.4 Å². The third kappa shape index (κ3) is 3.37. The summed E-state index contributed by atoms with van der Waals surface area (Å²) in [6.07, 6.45) is 4.14. The molecule has 0 spiro atoms. The first-order chi connectivity index (χ1) is 15.9. The second kappa shape index (κ2) is 7.48. The summed E-state index contributed by atoms with van der Waals surface area (Å²) in [5, 5.41) is 6.18. The SMILES string of the molecule is CC1(C)Cc2c(sc3c2c2nc(-c4cccnc4)nn2c(=O)n3Cc2ccccc2Cl)CO1. The molecule has 0 saturated heterocycles. The van der Waals surface area contributed by atoms with Crippen LogP contribution in [0.1, 0.15) is 29.9 Å². The molecule has 0 amide bonds. The molecule has 1 aromatic carbocycles. The minimum Gasteiger partial charge on any atom is -0.370 e. The van der Waals surface area contributed by atoms with Gasteiger partial charge in [0, 0.05) is 34.3 Å². The van der Waals surface area contributed by atoms with Crippen LogP contribution < -0.4 is 5.69 Å². The summed E-state index contributed by atoms with van der Waals surface area (Å²) < 4.78 is 9.23. The van der Waals surface area contributed by atoms with Crippen molar-refractivity contribution in [1.29, 1.82) is 0 Å². The van der Waals surface area contributed by atoms with E-state index in [0.29, 0.717) is 29.6 Å². The van der Waals surface area contributed by atoms with E-state index in [-0.39, 0.29) is 11.3 Å². The first-order valence-electron chi connectivity index (χ1n) is 10.6. The fraction of sp³-hybridized carbons (Fsp3) is 0.250. The van der Waals surface area contributed by atoms with Crippen LogP contribution in [-0.4, -0.2) is 29.8 Å². The van der Waals surface area contributed by atoms with Gasteiger partial charge in [0.15, 0.2) is 11.5 Å². The Morgan fingerprint density at radius 2 is 2.06 bits per heavy atom. The summed E-state index contributed by atoms with van der Waals surface area (Å²) >= 11 is 8.03. The van der Waals surface area contributed by atoms with Gasteiger partial charge in [0.25, 0.3) is 0 Å². The van der Waals surface area contributed by atoms with Crippen molar-refractivity contribution in [3.8, 4) is 11.4 Å². The van der Waals surface area contributed by atoms with Crippen LogP contribution in [0, 0.1) is 0 Å². The van der Waals surface area contributed by atoms with Crippen molar-refractivity contribution in [2.24, 2.45) is 0 Å². The quantitative estimate of drug-likeness (QED) is 0.376. The molecule has 5 heterocycles. The van der Waals surface area contributed by atoms with Crippen LogP contribution in [0.25, 0.3) is 27.3 Å². The number of ether oxygens (including phenoxy) is 1. The minimum absolute atomic E-state index is 0.251. The summed E-state index contributed by atoms with van der Waals surface area (Å²) in [5.41, 5.74) is 2.83. The maximum atomic E-state index is 13.7. The van der Waals surface area contributed by atoms with Crippen LogP contribution in [0.2, 0.25) is 5.02 Å². The highest BCUT2D eigenvalue weighted by molar-refractivity contribution is 7.19. The van der Waals surface area contributed by atoms with E-state index in [1.54, 1.807) is 28.3 Å². The average molecular weight is 478 g/mol. The molecular weight excluding hydrogens is 458 g/mol. The predicted octanol–water partition coefficient (Wildman–Crippen LogP) is 4.72. The van der Waals surface area contributed by atoms with Crippen LogP contribution >= 0.6 is 22.9 Å². The smallest absolute Gasteiger partial charge is 0.352 e. The van der Waals surface area contributed by atoms with Crippen molar-refractivity contribution >= 4 is 38.8 Å². The summed E-state index contributed by atoms with van der Waals surface area (Å²) in [6, 6.07) is 11.3. The van der Waals surface area contributed by atoms with Crippen molar-refractivity contribution < 1.29 is 4.74 Å². The van der Waals surface area contributed by atoms with E-state index in [0.717, 1.165) is 32.6 Å². The van der Waals surface area contributed by atoms with Crippen molar-refractivity contribution in [2.75, 3.05) is 0 Å². The number of rotatable bonds is 3. The molecule has 7 nitrogen and oxygen atoms in total. The monoisotopic (exact) mass is 477 g/mol. The Morgan fingerprint density at radius 1 is 1.21 bits per heavy atom. The van der Waals surface area contributed by atoms with E-state index in [9.17, 15) is 4.79 Å². The van der Waals surface area contributed by atoms with Crippen LogP contribution in [0.5, 0.6) is 0 Å². The summed E-state index contributed by atoms with van der Waals surface area (Å²) in [7, 11) is 0. The van der Waals surface area contributed by atoms with E-state index in [4.69, 9.17) is 21.3 Å². The second-order valence-corrected chi connectivity index (χ2v) is 10.3. The second-order valence-electron chi connectivity index (χ2n) is 8.78. The number of fused-ring (bicyclic) bond motifs is 5. The van der Waals surface area contributed by atoms with Crippen molar-refractivity contribution in [2.45, 2.75) is 39.0 Å². The molecule has 0 bridgehead atoms. The van der Waals surface area contributed by atoms with Crippen molar-refractivity contribution in [1.82, 2.24) is 24.1 Å². The lowest BCUT2D eigenvalue weighted by Crippen LogP contribution is -2.31. The van der Waals surface area contributed by atoms with Gasteiger partial charge in [0.2, 0.25) is 0 Å². The van der Waals surface area contributed by atoms with Crippen molar-refractivity contribution in [3.05, 3.63) is 80.3 Å². The van der Waals surface area contributed by atoms with Gasteiger partial charge < -0.3 is 4.74 Å². The number of aromatic nitrogens is 5. The Balaban J connectivity index is 1.67. The van der Waals surface area contributed by atoms with Gasteiger partial charge >= 0.3 is 5.69 Å². The Labute approximate surface area is 198 Å². The van der Waals surface area contributed by atoms with Crippen LogP contribution in [0.15, 0.2) is 53.6 Å². The van der Waals surface area contributed by atoms with Gasteiger partial charge in [-0.2, -0.15) is 4.52 Å². The number of thiophene rings is 1. The lowest BCUT2D eigenvalue weighted by atomic mass is 9.94. The zero-order chi connectivity index (χ0) is 22.7. The molecule has 0 atom stereocenters. The van der Waals surface area contributed by atoms with Crippen molar-refractivity contribution in [3.63, 3.8) is 0 Å². The van der Waals surface area contributed by atoms with E-state index < -0.39 is 0 Å². The molecule has 33 heavy (non-hydrogen) atoms. The van der Waals surface area contributed by atoms with Gasteiger partial charge in [-0.05, 0) is 43.2 Å². The number of pyridine rings is 1. The Bertz CT molecular complexity index is 1590. The fourth-order valence-electron chi connectivity index (χ4n) is 4.32. The Kier molecular flexibility index (Phi) is 4.65. The zero-order valence-electron chi connectivity index (χ0n) is 18.1. The summed E-state index contributed by atoms with van der Waals surface area (Å²) in [4.78, 5) is 24.6. The summed E-state index contributed by atoms with van der Waals surface area (Å²) in [5.74, 6) is 0.475. The minimum atomic E-state index is -0.298. The van der Waals surface area contributed by atoms with Gasteiger partial charge in [-0.1, -0.05) is 29.8 Å². The molecule has 0 radical (unpaired) electrons. The maximum Gasteiger partial charge on any atom is 0.352 e. The van der Waals surface area contributed by atoms with Gasteiger partial charge in [0.05, 0.1) is 24.1 Å². The number of halogens is 1. The first-order valence-corrected chi connectivity index (χ1v) is 11.8. The molecule has 0 N–H and O–H groups in total. The third-order valence-electron chi connectivity index (χ3n) is 5.96.